The van der Waals surface area contributed by atoms with Crippen LogP contribution in [0.2, 0.25) is 5.02 Å². The van der Waals surface area contributed by atoms with E-state index in [0.29, 0.717) is 29.6 Å². The van der Waals surface area contributed by atoms with Crippen molar-refractivity contribution in [2.24, 2.45) is 4.99 Å². The summed E-state index contributed by atoms with van der Waals surface area (Å²) >= 11 is 6.15. The van der Waals surface area contributed by atoms with E-state index in [0.717, 1.165) is 5.56 Å². The van der Waals surface area contributed by atoms with E-state index < -0.39 is 10.0 Å². The first-order valence-corrected chi connectivity index (χ1v) is 9.86. The molecule has 2 aromatic rings. The van der Waals surface area contributed by atoms with Crippen LogP contribution in [-0.4, -0.2) is 39.8 Å². The van der Waals surface area contributed by atoms with Crippen LogP contribution in [0.1, 0.15) is 11.1 Å². The molecule has 140 valence electrons. The lowest BCUT2D eigenvalue weighted by atomic mass is 10.2. The normalized spacial score (nSPS) is 12.3. The third kappa shape index (κ3) is 4.97. The van der Waals surface area contributed by atoms with Crippen molar-refractivity contribution < 1.29 is 8.42 Å². The van der Waals surface area contributed by atoms with Gasteiger partial charge < -0.3 is 10.6 Å². The lowest BCUT2D eigenvalue weighted by Crippen LogP contribution is -2.37. The molecule has 0 spiro atoms. The molecule has 0 aromatic heterocycles. The van der Waals surface area contributed by atoms with Gasteiger partial charge in [0, 0.05) is 39.3 Å². The second-order valence-corrected chi connectivity index (χ2v) is 8.29. The molecule has 0 saturated heterocycles. The molecule has 0 atom stereocenters. The summed E-state index contributed by atoms with van der Waals surface area (Å²) in [6.45, 7) is 0.836. The molecule has 0 unspecified atom stereocenters. The first kappa shape index (κ1) is 20.2. The summed E-state index contributed by atoms with van der Waals surface area (Å²) in [6.07, 6.45) is 0. The number of hydrogen-bond acceptors (Lipinski definition) is 3. The molecule has 26 heavy (non-hydrogen) atoms. The predicted molar refractivity (Wildman–Crippen MR) is 106 cm³/mol. The minimum atomic E-state index is -3.51. The van der Waals surface area contributed by atoms with Crippen molar-refractivity contribution >= 4 is 27.6 Å². The number of rotatable bonds is 6. The van der Waals surface area contributed by atoms with Crippen molar-refractivity contribution in [3.8, 4) is 0 Å². The monoisotopic (exact) mass is 394 g/mol. The Kier molecular flexibility index (Phi) is 7.02. The quantitative estimate of drug-likeness (QED) is 0.583. The first-order valence-electron chi connectivity index (χ1n) is 8.04. The maximum absolute atomic E-state index is 12.5. The van der Waals surface area contributed by atoms with E-state index in [4.69, 9.17) is 11.6 Å². The molecule has 0 heterocycles. The summed E-state index contributed by atoms with van der Waals surface area (Å²) in [5, 5.41) is 6.99. The van der Waals surface area contributed by atoms with Gasteiger partial charge in [0.15, 0.2) is 5.96 Å². The number of guanidine groups is 1. The van der Waals surface area contributed by atoms with Gasteiger partial charge in [-0.2, -0.15) is 0 Å². The van der Waals surface area contributed by atoms with Crippen molar-refractivity contribution in [3.63, 3.8) is 0 Å². The standard InChI is InChI=1S/C18H23ClN4O2S/c1-20-18(21-12-14-8-4-6-10-16(14)19)22-13-15-9-5-7-11-17(15)26(24,25)23(2)3/h4-11H,12-13H2,1-3H3,(H2,20,21,22). The van der Waals surface area contributed by atoms with Crippen LogP contribution in [-0.2, 0) is 23.1 Å². The molecule has 8 heteroatoms. The molecular formula is C18H23ClN4O2S. The number of sulfonamides is 1. The summed E-state index contributed by atoms with van der Waals surface area (Å²) in [5.74, 6) is 0.557. The van der Waals surface area contributed by atoms with E-state index >= 15 is 0 Å². The van der Waals surface area contributed by atoms with E-state index in [9.17, 15) is 8.42 Å². The summed E-state index contributed by atoms with van der Waals surface area (Å²) in [4.78, 5) is 4.44. The number of halogens is 1. The van der Waals surface area contributed by atoms with Gasteiger partial charge in [0.2, 0.25) is 10.0 Å². The van der Waals surface area contributed by atoms with Crippen LogP contribution in [0.25, 0.3) is 0 Å². The molecule has 0 saturated carbocycles. The molecule has 0 aliphatic heterocycles. The Labute approximate surface area is 159 Å². The minimum Gasteiger partial charge on any atom is -0.352 e. The van der Waals surface area contributed by atoms with E-state index in [1.807, 2.05) is 30.3 Å². The maximum atomic E-state index is 12.5. The van der Waals surface area contributed by atoms with Crippen LogP contribution in [0.5, 0.6) is 0 Å². The second kappa shape index (κ2) is 9.02. The average Bonchev–Trinajstić information content (AvgIpc) is 2.63. The van der Waals surface area contributed by atoms with Crippen molar-refractivity contribution in [2.75, 3.05) is 21.1 Å². The highest BCUT2D eigenvalue weighted by atomic mass is 35.5. The van der Waals surface area contributed by atoms with Gasteiger partial charge in [-0.15, -0.1) is 0 Å². The van der Waals surface area contributed by atoms with Crippen molar-refractivity contribution in [1.82, 2.24) is 14.9 Å². The predicted octanol–water partition coefficient (Wildman–Crippen LogP) is 2.46. The molecule has 0 aliphatic rings. The van der Waals surface area contributed by atoms with Crippen LogP contribution >= 0.6 is 11.6 Å². The SMILES string of the molecule is CN=C(NCc1ccccc1Cl)NCc1ccccc1S(=O)(=O)N(C)C. The van der Waals surface area contributed by atoms with Crippen LogP contribution in [0.4, 0.5) is 0 Å². The number of nitrogens with zero attached hydrogens (tertiary/aromatic N) is 2. The van der Waals surface area contributed by atoms with Crippen LogP contribution in [0, 0.1) is 0 Å². The fourth-order valence-corrected chi connectivity index (χ4v) is 3.64. The maximum Gasteiger partial charge on any atom is 0.242 e. The molecule has 0 amide bonds. The Balaban J connectivity index is 2.07. The fraction of sp³-hybridized carbons (Fsp3) is 0.278. The number of nitrogens with one attached hydrogen (secondary N) is 2. The zero-order chi connectivity index (χ0) is 19.2. The Hall–Kier alpha value is -2.09. The zero-order valence-electron chi connectivity index (χ0n) is 15.0. The van der Waals surface area contributed by atoms with E-state index in [-0.39, 0.29) is 4.90 Å². The minimum absolute atomic E-state index is 0.277. The number of benzene rings is 2. The third-order valence-corrected chi connectivity index (χ3v) is 6.09. The molecule has 2 rings (SSSR count). The van der Waals surface area contributed by atoms with Crippen LogP contribution in [0.15, 0.2) is 58.4 Å². The highest BCUT2D eigenvalue weighted by Crippen LogP contribution is 2.18. The molecule has 2 N–H and O–H groups in total. The Morgan fingerprint density at radius 3 is 2.12 bits per heavy atom. The van der Waals surface area contributed by atoms with E-state index in [1.54, 1.807) is 25.2 Å². The van der Waals surface area contributed by atoms with Gasteiger partial charge in [-0.25, -0.2) is 12.7 Å². The van der Waals surface area contributed by atoms with Gasteiger partial charge in [0.25, 0.3) is 0 Å². The largest absolute Gasteiger partial charge is 0.352 e. The van der Waals surface area contributed by atoms with Gasteiger partial charge in [-0.05, 0) is 23.3 Å². The molecule has 0 fully saturated rings. The highest BCUT2D eigenvalue weighted by molar-refractivity contribution is 7.89. The molecule has 6 nitrogen and oxygen atoms in total. The lowest BCUT2D eigenvalue weighted by molar-refractivity contribution is 0.519. The van der Waals surface area contributed by atoms with E-state index in [1.165, 1.54) is 18.4 Å². The Morgan fingerprint density at radius 1 is 1.00 bits per heavy atom. The number of hydrogen-bond donors (Lipinski definition) is 2. The Morgan fingerprint density at radius 2 is 1.54 bits per heavy atom. The van der Waals surface area contributed by atoms with E-state index in [2.05, 4.69) is 15.6 Å². The van der Waals surface area contributed by atoms with Gasteiger partial charge in [-0.3, -0.25) is 4.99 Å². The van der Waals surface area contributed by atoms with Crippen molar-refractivity contribution in [2.45, 2.75) is 18.0 Å². The Bertz CT molecular complexity index is 882. The van der Waals surface area contributed by atoms with Gasteiger partial charge in [-0.1, -0.05) is 48.0 Å². The lowest BCUT2D eigenvalue weighted by Gasteiger charge is -2.17. The highest BCUT2D eigenvalue weighted by Gasteiger charge is 2.20. The van der Waals surface area contributed by atoms with Crippen LogP contribution in [0.3, 0.4) is 0 Å². The fourth-order valence-electron chi connectivity index (χ4n) is 2.32. The van der Waals surface area contributed by atoms with Gasteiger partial charge in [0.05, 0.1) is 4.90 Å². The second-order valence-electron chi connectivity index (χ2n) is 5.77. The summed E-state index contributed by atoms with van der Waals surface area (Å²) < 4.78 is 26.1. The molecule has 0 radical (unpaired) electrons. The molecule has 0 aliphatic carbocycles. The van der Waals surface area contributed by atoms with Crippen LogP contribution < -0.4 is 10.6 Å². The van der Waals surface area contributed by atoms with Crippen molar-refractivity contribution in [3.05, 3.63) is 64.7 Å². The van der Waals surface area contributed by atoms with Gasteiger partial charge in [0.1, 0.15) is 0 Å². The summed E-state index contributed by atoms with van der Waals surface area (Å²) in [5.41, 5.74) is 1.62. The average molecular weight is 395 g/mol. The smallest absolute Gasteiger partial charge is 0.242 e. The third-order valence-electron chi connectivity index (χ3n) is 3.81. The molecular weight excluding hydrogens is 372 g/mol. The van der Waals surface area contributed by atoms with Crippen molar-refractivity contribution in [1.29, 1.82) is 0 Å². The summed E-state index contributed by atoms with van der Waals surface area (Å²) in [7, 11) is 1.18. The van der Waals surface area contributed by atoms with Gasteiger partial charge >= 0.3 is 0 Å². The molecule has 0 bridgehead atoms. The molecule has 2 aromatic carbocycles. The zero-order valence-corrected chi connectivity index (χ0v) is 16.6. The number of aliphatic imine (C=N–C) groups is 1. The first-order chi connectivity index (χ1) is 12.4. The topological polar surface area (TPSA) is 73.8 Å². The summed E-state index contributed by atoms with van der Waals surface area (Å²) in [6, 6.07) is 14.5.